The van der Waals surface area contributed by atoms with Crippen LogP contribution in [0.5, 0.6) is 0 Å². The Hall–Kier alpha value is -0.750. The molecule has 0 aromatic carbocycles. The van der Waals surface area contributed by atoms with Crippen molar-refractivity contribution in [3.05, 3.63) is 0 Å². The van der Waals surface area contributed by atoms with Crippen LogP contribution < -0.4 is 5.32 Å². The molecule has 0 aromatic heterocycles. The monoisotopic (exact) mass is 289 g/mol. The maximum absolute atomic E-state index is 11.8. The van der Waals surface area contributed by atoms with Crippen molar-refractivity contribution in [1.29, 1.82) is 0 Å². The second-order valence-electron chi connectivity index (χ2n) is 6.12. The molecule has 0 bridgehead atoms. The average Bonchev–Trinajstić information content (AvgIpc) is 2.49. The lowest BCUT2D eigenvalue weighted by molar-refractivity contribution is -0.155. The van der Waals surface area contributed by atoms with E-state index in [0.717, 1.165) is 0 Å². The maximum Gasteiger partial charge on any atom is 0.324 e. The van der Waals surface area contributed by atoms with Gasteiger partial charge in [-0.3, -0.25) is 14.9 Å². The summed E-state index contributed by atoms with van der Waals surface area (Å²) in [6.07, 6.45) is 0.235. The van der Waals surface area contributed by atoms with Crippen LogP contribution in [0.4, 0.5) is 0 Å². The first kappa shape index (κ1) is 16.3. The molecule has 19 heavy (non-hydrogen) atoms. The van der Waals surface area contributed by atoms with Gasteiger partial charge in [0.05, 0.1) is 18.9 Å². The highest BCUT2D eigenvalue weighted by molar-refractivity contribution is 8.01. The Bertz CT molecular complexity index is 362. The molecule has 1 aliphatic rings. The van der Waals surface area contributed by atoms with E-state index in [2.05, 4.69) is 5.32 Å². The van der Waals surface area contributed by atoms with Gasteiger partial charge in [0.25, 0.3) is 0 Å². The first-order chi connectivity index (χ1) is 8.55. The van der Waals surface area contributed by atoms with Crippen LogP contribution in [0.25, 0.3) is 0 Å². The number of carbonyl (C=O) groups is 2. The Balaban J connectivity index is 2.59. The molecule has 1 heterocycles. The zero-order valence-electron chi connectivity index (χ0n) is 12.4. The second-order valence-corrected chi connectivity index (χ2v) is 7.98. The van der Waals surface area contributed by atoms with E-state index >= 15 is 0 Å². The summed E-state index contributed by atoms with van der Waals surface area (Å²) in [5.41, 5.74) is -0.488. The molecule has 0 aliphatic carbocycles. The third kappa shape index (κ3) is 4.69. The van der Waals surface area contributed by atoms with Gasteiger partial charge >= 0.3 is 11.9 Å². The summed E-state index contributed by atoms with van der Waals surface area (Å²) in [5, 5.41) is 3.01. The van der Waals surface area contributed by atoms with E-state index in [-0.39, 0.29) is 28.5 Å². The van der Waals surface area contributed by atoms with E-state index in [0.29, 0.717) is 0 Å². The normalized spacial score (nSPS) is 26.0. The van der Waals surface area contributed by atoms with Crippen molar-refractivity contribution < 1.29 is 19.1 Å². The first-order valence-electron chi connectivity index (χ1n) is 6.29. The van der Waals surface area contributed by atoms with Crippen molar-refractivity contribution in [3.8, 4) is 0 Å². The Morgan fingerprint density at radius 2 is 1.89 bits per heavy atom. The summed E-state index contributed by atoms with van der Waals surface area (Å²) in [6.45, 7) is 9.42. The van der Waals surface area contributed by atoms with Crippen LogP contribution in [-0.2, 0) is 19.1 Å². The van der Waals surface area contributed by atoms with Gasteiger partial charge in [0.15, 0.2) is 0 Å². The molecule has 2 atom stereocenters. The van der Waals surface area contributed by atoms with E-state index in [1.165, 1.54) is 7.11 Å². The first-order valence-corrected chi connectivity index (χ1v) is 7.16. The summed E-state index contributed by atoms with van der Waals surface area (Å²) in [5.74, 6) is -0.567. The molecule has 1 rings (SSSR count). The van der Waals surface area contributed by atoms with Gasteiger partial charge in [-0.25, -0.2) is 0 Å². The van der Waals surface area contributed by atoms with Crippen molar-refractivity contribution >= 4 is 23.7 Å². The van der Waals surface area contributed by atoms with Crippen LogP contribution in [0, 0.1) is 0 Å². The topological polar surface area (TPSA) is 64.6 Å². The fourth-order valence-corrected chi connectivity index (χ4v) is 3.42. The van der Waals surface area contributed by atoms with E-state index in [9.17, 15) is 9.59 Å². The smallest absolute Gasteiger partial charge is 0.324 e. The number of thioether (sulfide) groups is 1. The van der Waals surface area contributed by atoms with Crippen molar-refractivity contribution in [2.75, 3.05) is 7.11 Å². The summed E-state index contributed by atoms with van der Waals surface area (Å²) >= 11 is 1.56. The van der Waals surface area contributed by atoms with Crippen LogP contribution >= 0.6 is 11.8 Å². The number of hydrogen-bond donors (Lipinski definition) is 1. The van der Waals surface area contributed by atoms with E-state index < -0.39 is 11.6 Å². The highest BCUT2D eigenvalue weighted by Crippen LogP contribution is 2.39. The van der Waals surface area contributed by atoms with Crippen molar-refractivity contribution in [1.82, 2.24) is 5.32 Å². The Morgan fingerprint density at radius 3 is 2.37 bits per heavy atom. The van der Waals surface area contributed by atoms with Crippen molar-refractivity contribution in [3.63, 3.8) is 0 Å². The number of rotatable bonds is 3. The van der Waals surface area contributed by atoms with Gasteiger partial charge < -0.3 is 9.47 Å². The highest BCUT2D eigenvalue weighted by Gasteiger charge is 2.46. The fourth-order valence-electron chi connectivity index (χ4n) is 1.96. The van der Waals surface area contributed by atoms with Gasteiger partial charge in [-0.2, -0.15) is 0 Å². The van der Waals surface area contributed by atoms with Crippen LogP contribution in [0.1, 0.15) is 41.0 Å². The third-order valence-corrected chi connectivity index (χ3v) is 4.13. The van der Waals surface area contributed by atoms with Crippen LogP contribution in [0.2, 0.25) is 0 Å². The molecule has 5 nitrogen and oxygen atoms in total. The lowest BCUT2D eigenvalue weighted by Gasteiger charge is -2.22. The molecule has 1 saturated heterocycles. The van der Waals surface area contributed by atoms with E-state index in [1.807, 2.05) is 34.6 Å². The molecular weight excluding hydrogens is 266 g/mol. The largest absolute Gasteiger partial charge is 0.468 e. The summed E-state index contributed by atoms with van der Waals surface area (Å²) in [4.78, 5) is 23.5. The Labute approximate surface area is 118 Å². The lowest BCUT2D eigenvalue weighted by Crippen LogP contribution is -2.45. The van der Waals surface area contributed by atoms with Gasteiger partial charge in [0.2, 0.25) is 0 Å². The molecule has 0 spiro atoms. The van der Waals surface area contributed by atoms with Gasteiger partial charge in [0.1, 0.15) is 11.6 Å². The number of nitrogens with one attached hydrogen (secondary N) is 1. The SMILES string of the molecule is COC(=O)[C@@H]1N[C@H](CC(=O)OC(C)(C)C)SC1(C)C. The molecule has 0 aromatic rings. The van der Waals surface area contributed by atoms with Gasteiger partial charge in [-0.15, -0.1) is 11.8 Å². The predicted molar refractivity (Wildman–Crippen MR) is 74.9 cm³/mol. The van der Waals surface area contributed by atoms with Crippen LogP contribution in [0.3, 0.4) is 0 Å². The molecule has 0 unspecified atom stereocenters. The van der Waals surface area contributed by atoms with Gasteiger partial charge in [-0.05, 0) is 34.6 Å². The number of hydrogen-bond acceptors (Lipinski definition) is 6. The molecule has 1 aliphatic heterocycles. The van der Waals surface area contributed by atoms with Crippen molar-refractivity contribution in [2.45, 2.75) is 62.8 Å². The number of esters is 2. The molecule has 110 valence electrons. The van der Waals surface area contributed by atoms with Gasteiger partial charge in [0, 0.05) is 4.75 Å². The number of ether oxygens (including phenoxy) is 2. The fraction of sp³-hybridized carbons (Fsp3) is 0.846. The number of carbonyl (C=O) groups excluding carboxylic acids is 2. The molecule has 0 amide bonds. The molecular formula is C13H23NO4S. The predicted octanol–water partition coefficient (Wildman–Crippen LogP) is 1.70. The maximum atomic E-state index is 11.8. The van der Waals surface area contributed by atoms with Gasteiger partial charge in [-0.1, -0.05) is 0 Å². The molecule has 0 radical (unpaired) electrons. The Kier molecular flexibility index (Phi) is 4.90. The van der Waals surface area contributed by atoms with Crippen LogP contribution in [-0.4, -0.2) is 40.8 Å². The van der Waals surface area contributed by atoms with E-state index in [1.54, 1.807) is 11.8 Å². The second kappa shape index (κ2) is 5.71. The van der Waals surface area contributed by atoms with Crippen LogP contribution in [0.15, 0.2) is 0 Å². The number of methoxy groups -OCH3 is 1. The Morgan fingerprint density at radius 1 is 1.32 bits per heavy atom. The molecule has 1 fully saturated rings. The van der Waals surface area contributed by atoms with E-state index in [4.69, 9.17) is 9.47 Å². The zero-order chi connectivity index (χ0) is 14.8. The minimum atomic E-state index is -0.488. The highest BCUT2D eigenvalue weighted by atomic mass is 32.2. The average molecular weight is 289 g/mol. The quantitative estimate of drug-likeness (QED) is 0.798. The minimum absolute atomic E-state index is 0.131. The summed E-state index contributed by atoms with van der Waals surface area (Å²) < 4.78 is 9.75. The summed E-state index contributed by atoms with van der Waals surface area (Å²) in [6, 6.07) is -0.407. The standard InChI is InChI=1S/C13H23NO4S/c1-12(2,3)18-9(15)7-8-14-10(11(16)17-6)13(4,5)19-8/h8,10,14H,7H2,1-6H3/t8-,10-/m0/s1. The molecule has 1 N–H and O–H groups in total. The summed E-state index contributed by atoms with van der Waals surface area (Å²) in [7, 11) is 1.37. The molecule has 0 saturated carbocycles. The lowest BCUT2D eigenvalue weighted by atomic mass is 10.0. The molecule has 6 heteroatoms. The van der Waals surface area contributed by atoms with Crippen molar-refractivity contribution in [2.24, 2.45) is 0 Å². The third-order valence-electron chi connectivity index (χ3n) is 2.70. The zero-order valence-corrected chi connectivity index (χ0v) is 13.2. The minimum Gasteiger partial charge on any atom is -0.468 e.